The number of carbonyl (C=O) groups excluding carboxylic acids is 1. The summed E-state index contributed by atoms with van der Waals surface area (Å²) in [4.78, 5) is 19.0. The molecule has 0 saturated carbocycles. The van der Waals surface area contributed by atoms with Crippen molar-refractivity contribution < 1.29 is 13.9 Å². The summed E-state index contributed by atoms with van der Waals surface area (Å²) in [5, 5.41) is 6.76. The minimum atomic E-state index is -0.330. The minimum Gasteiger partial charge on any atom is -0.484 e. The summed E-state index contributed by atoms with van der Waals surface area (Å²) < 4.78 is 18.4. The molecule has 1 amide bonds. The molecule has 1 N–H and O–H groups in total. The van der Waals surface area contributed by atoms with Crippen molar-refractivity contribution in [2.75, 3.05) is 19.7 Å². The number of pyridine rings is 1. The topological polar surface area (TPSA) is 71.1 Å². The number of nitrogens with one attached hydrogen (secondary N) is 1. The van der Waals surface area contributed by atoms with Gasteiger partial charge in [-0.2, -0.15) is 5.10 Å². The summed E-state index contributed by atoms with van der Waals surface area (Å²) in [6.45, 7) is 1.30. The predicted octanol–water partition coefficient (Wildman–Crippen LogP) is 3.40. The van der Waals surface area contributed by atoms with Crippen LogP contribution in [0, 0.1) is 5.82 Å². The number of amides is 1. The number of hydrogen-bond acceptors (Lipinski definition) is 4. The second-order valence-corrected chi connectivity index (χ2v) is 6.88. The van der Waals surface area contributed by atoms with E-state index in [1.165, 1.54) is 24.3 Å². The molecule has 0 radical (unpaired) electrons. The number of aromatic nitrogens is 3. The van der Waals surface area contributed by atoms with Gasteiger partial charge in [-0.3, -0.25) is 14.9 Å². The Morgan fingerprint density at radius 1 is 1.18 bits per heavy atom. The molecular weight excluding hydrogens is 359 g/mol. The fraction of sp³-hybridized carbons (Fsp3) is 0.286. The number of rotatable bonds is 5. The number of benzene rings is 1. The molecule has 1 atom stereocenters. The zero-order valence-corrected chi connectivity index (χ0v) is 15.3. The van der Waals surface area contributed by atoms with Crippen LogP contribution >= 0.6 is 0 Å². The molecule has 0 unspecified atom stereocenters. The third kappa shape index (κ3) is 4.19. The van der Waals surface area contributed by atoms with Crippen LogP contribution in [0.5, 0.6) is 5.75 Å². The zero-order chi connectivity index (χ0) is 19.3. The summed E-state index contributed by atoms with van der Waals surface area (Å²) in [5.74, 6) is 0.301. The Hall–Kier alpha value is -3.22. The first kappa shape index (κ1) is 18.2. The Kier molecular flexibility index (Phi) is 5.32. The van der Waals surface area contributed by atoms with E-state index in [4.69, 9.17) is 4.74 Å². The fourth-order valence-corrected chi connectivity index (χ4v) is 3.44. The average molecular weight is 380 g/mol. The number of ether oxygens (including phenoxy) is 1. The smallest absolute Gasteiger partial charge is 0.260 e. The van der Waals surface area contributed by atoms with Crippen LogP contribution in [0.4, 0.5) is 4.39 Å². The third-order valence-corrected chi connectivity index (χ3v) is 4.99. The first-order valence-corrected chi connectivity index (χ1v) is 9.30. The SMILES string of the molecule is O=C(COc1ccc(F)cc1)N1CCC[C@H](c2ccc(-c3cn[nH]c3)cn2)C1. The van der Waals surface area contributed by atoms with E-state index >= 15 is 0 Å². The molecule has 3 aromatic rings. The van der Waals surface area contributed by atoms with E-state index in [2.05, 4.69) is 15.2 Å². The average Bonchev–Trinajstić information content (AvgIpc) is 3.28. The molecule has 1 aliphatic rings. The fourth-order valence-electron chi connectivity index (χ4n) is 3.44. The molecule has 2 aromatic heterocycles. The minimum absolute atomic E-state index is 0.0504. The lowest BCUT2D eigenvalue weighted by Gasteiger charge is -2.32. The Labute approximate surface area is 162 Å². The number of H-pyrrole nitrogens is 1. The highest BCUT2D eigenvalue weighted by Crippen LogP contribution is 2.27. The zero-order valence-electron chi connectivity index (χ0n) is 15.3. The molecule has 0 aliphatic carbocycles. The normalized spacial score (nSPS) is 16.8. The second-order valence-electron chi connectivity index (χ2n) is 6.88. The van der Waals surface area contributed by atoms with Crippen LogP contribution < -0.4 is 4.74 Å². The highest BCUT2D eigenvalue weighted by molar-refractivity contribution is 5.78. The van der Waals surface area contributed by atoms with E-state index in [0.29, 0.717) is 12.3 Å². The standard InChI is InChI=1S/C21H21FN4O2/c22-18-4-6-19(7-5-18)28-14-21(27)26-9-1-2-16(13-26)20-8-3-15(10-23-20)17-11-24-25-12-17/h3-8,10-12,16H,1-2,9,13-14H2,(H,24,25)/t16-/m0/s1. The monoisotopic (exact) mass is 380 g/mol. The van der Waals surface area contributed by atoms with Crippen molar-refractivity contribution in [1.82, 2.24) is 20.1 Å². The van der Waals surface area contributed by atoms with Crippen LogP contribution in [0.15, 0.2) is 55.0 Å². The largest absolute Gasteiger partial charge is 0.484 e. The summed E-state index contributed by atoms with van der Waals surface area (Å²) in [7, 11) is 0. The maximum atomic E-state index is 12.9. The van der Waals surface area contributed by atoms with E-state index in [1.807, 2.05) is 29.4 Å². The van der Waals surface area contributed by atoms with Gasteiger partial charge in [0.15, 0.2) is 6.61 Å². The molecule has 7 heteroatoms. The summed E-state index contributed by atoms with van der Waals surface area (Å²) in [6.07, 6.45) is 7.37. The van der Waals surface area contributed by atoms with Crippen molar-refractivity contribution in [3.8, 4) is 16.9 Å². The molecule has 6 nitrogen and oxygen atoms in total. The number of nitrogens with zero attached hydrogens (tertiary/aromatic N) is 3. The van der Waals surface area contributed by atoms with Crippen molar-refractivity contribution in [2.45, 2.75) is 18.8 Å². The quantitative estimate of drug-likeness (QED) is 0.736. The van der Waals surface area contributed by atoms with Gasteiger partial charge in [-0.15, -0.1) is 0 Å². The van der Waals surface area contributed by atoms with Gasteiger partial charge in [-0.1, -0.05) is 6.07 Å². The molecule has 0 bridgehead atoms. The van der Waals surface area contributed by atoms with Crippen LogP contribution in [0.25, 0.3) is 11.1 Å². The number of aromatic amines is 1. The summed E-state index contributed by atoms with van der Waals surface area (Å²) in [6, 6.07) is 9.73. The first-order valence-electron chi connectivity index (χ1n) is 9.30. The highest BCUT2D eigenvalue weighted by atomic mass is 19.1. The molecule has 1 aliphatic heterocycles. The van der Waals surface area contributed by atoms with E-state index in [9.17, 15) is 9.18 Å². The van der Waals surface area contributed by atoms with Gasteiger partial charge < -0.3 is 9.64 Å². The summed E-state index contributed by atoms with van der Waals surface area (Å²) >= 11 is 0. The molecule has 3 heterocycles. The van der Waals surface area contributed by atoms with Gasteiger partial charge >= 0.3 is 0 Å². The number of carbonyl (C=O) groups is 1. The molecule has 0 spiro atoms. The van der Waals surface area contributed by atoms with Crippen LogP contribution in [-0.2, 0) is 4.79 Å². The number of halogens is 1. The lowest BCUT2D eigenvalue weighted by molar-refractivity contribution is -0.134. The highest BCUT2D eigenvalue weighted by Gasteiger charge is 2.25. The molecule has 1 saturated heterocycles. The Morgan fingerprint density at radius 3 is 2.75 bits per heavy atom. The van der Waals surface area contributed by atoms with E-state index in [0.717, 1.165) is 36.2 Å². The van der Waals surface area contributed by atoms with Crippen molar-refractivity contribution in [2.24, 2.45) is 0 Å². The first-order chi connectivity index (χ1) is 13.7. The van der Waals surface area contributed by atoms with Gasteiger partial charge in [-0.25, -0.2) is 4.39 Å². The number of likely N-dealkylation sites (tertiary alicyclic amines) is 1. The molecular formula is C21H21FN4O2. The van der Waals surface area contributed by atoms with Gasteiger partial charge in [-0.05, 0) is 43.2 Å². The van der Waals surface area contributed by atoms with Gasteiger partial charge in [0, 0.05) is 48.2 Å². The molecule has 144 valence electrons. The van der Waals surface area contributed by atoms with Crippen LogP contribution in [0.3, 0.4) is 0 Å². The van der Waals surface area contributed by atoms with Gasteiger partial charge in [0.25, 0.3) is 5.91 Å². The molecule has 1 aromatic carbocycles. The van der Waals surface area contributed by atoms with E-state index in [-0.39, 0.29) is 24.2 Å². The third-order valence-electron chi connectivity index (χ3n) is 4.99. The van der Waals surface area contributed by atoms with E-state index in [1.54, 1.807) is 6.20 Å². The predicted molar refractivity (Wildman–Crippen MR) is 102 cm³/mol. The van der Waals surface area contributed by atoms with Crippen molar-refractivity contribution in [3.05, 3.63) is 66.5 Å². The van der Waals surface area contributed by atoms with Gasteiger partial charge in [0.1, 0.15) is 11.6 Å². The maximum Gasteiger partial charge on any atom is 0.260 e. The number of piperidine rings is 1. The van der Waals surface area contributed by atoms with Gasteiger partial charge in [0.05, 0.1) is 6.20 Å². The van der Waals surface area contributed by atoms with Gasteiger partial charge in [0.2, 0.25) is 0 Å². The Bertz CT molecular complexity index is 911. The van der Waals surface area contributed by atoms with Crippen LogP contribution in [-0.4, -0.2) is 45.7 Å². The van der Waals surface area contributed by atoms with E-state index < -0.39 is 0 Å². The second kappa shape index (κ2) is 8.21. The van der Waals surface area contributed by atoms with Crippen molar-refractivity contribution >= 4 is 5.91 Å². The summed E-state index contributed by atoms with van der Waals surface area (Å²) in [5.41, 5.74) is 3.00. The van der Waals surface area contributed by atoms with Crippen molar-refractivity contribution in [1.29, 1.82) is 0 Å². The lowest BCUT2D eigenvalue weighted by atomic mass is 9.93. The maximum absolute atomic E-state index is 12.9. The number of hydrogen-bond donors (Lipinski definition) is 1. The Morgan fingerprint density at radius 2 is 2.04 bits per heavy atom. The molecule has 4 rings (SSSR count). The van der Waals surface area contributed by atoms with Crippen LogP contribution in [0.2, 0.25) is 0 Å². The lowest BCUT2D eigenvalue weighted by Crippen LogP contribution is -2.41. The van der Waals surface area contributed by atoms with Crippen LogP contribution in [0.1, 0.15) is 24.5 Å². The molecule has 28 heavy (non-hydrogen) atoms. The molecule has 1 fully saturated rings. The Balaban J connectivity index is 1.35. The van der Waals surface area contributed by atoms with Crippen molar-refractivity contribution in [3.63, 3.8) is 0 Å².